The van der Waals surface area contributed by atoms with Crippen molar-refractivity contribution in [1.82, 2.24) is 5.32 Å². The zero-order chi connectivity index (χ0) is 12.8. The molecule has 0 aliphatic carbocycles. The third-order valence-corrected chi connectivity index (χ3v) is 2.45. The molecule has 1 unspecified atom stereocenters. The molecule has 0 aliphatic rings. The van der Waals surface area contributed by atoms with Crippen LogP contribution in [-0.4, -0.2) is 30.8 Å². The molecule has 0 fully saturated rings. The second-order valence-corrected chi connectivity index (χ2v) is 3.79. The number of rotatable bonds is 6. The summed E-state index contributed by atoms with van der Waals surface area (Å²) in [7, 11) is 1.44. The van der Waals surface area contributed by atoms with E-state index in [4.69, 9.17) is 9.84 Å². The monoisotopic (exact) mass is 241 g/mol. The van der Waals surface area contributed by atoms with Crippen LogP contribution in [0.5, 0.6) is 0 Å². The van der Waals surface area contributed by atoms with Gasteiger partial charge in [0.1, 0.15) is 11.9 Å². The van der Waals surface area contributed by atoms with E-state index in [1.807, 2.05) is 6.92 Å². The Morgan fingerprint density at radius 3 is 2.53 bits per heavy atom. The molecule has 0 saturated carbocycles. The quantitative estimate of drug-likeness (QED) is 0.793. The van der Waals surface area contributed by atoms with Crippen LogP contribution in [0.4, 0.5) is 4.39 Å². The van der Waals surface area contributed by atoms with Crippen LogP contribution in [0.25, 0.3) is 0 Å². The Morgan fingerprint density at radius 2 is 2.06 bits per heavy atom. The van der Waals surface area contributed by atoms with Gasteiger partial charge in [0, 0.05) is 13.2 Å². The fraction of sp³-hybridized carbons (Fsp3) is 0.417. The molecule has 94 valence electrons. The zero-order valence-corrected chi connectivity index (χ0v) is 9.81. The van der Waals surface area contributed by atoms with Crippen molar-refractivity contribution in [3.8, 4) is 0 Å². The maximum absolute atomic E-state index is 12.7. The lowest BCUT2D eigenvalue weighted by Gasteiger charge is -2.19. The van der Waals surface area contributed by atoms with Crippen molar-refractivity contribution in [3.05, 3.63) is 35.6 Å². The number of ether oxygens (including phenoxy) is 1. The summed E-state index contributed by atoms with van der Waals surface area (Å²) in [6.45, 7) is 1.90. The Labute approximate surface area is 99.4 Å². The highest BCUT2D eigenvalue weighted by Gasteiger charge is 2.19. The largest absolute Gasteiger partial charge is 0.480 e. The number of aliphatic carboxylic acids is 1. The van der Waals surface area contributed by atoms with Gasteiger partial charge in [0.2, 0.25) is 0 Å². The van der Waals surface area contributed by atoms with Gasteiger partial charge in [-0.1, -0.05) is 12.1 Å². The van der Waals surface area contributed by atoms with Crippen LogP contribution in [0.3, 0.4) is 0 Å². The molecule has 0 aliphatic heterocycles. The molecule has 4 nitrogen and oxygen atoms in total. The Kier molecular flexibility index (Phi) is 5.06. The van der Waals surface area contributed by atoms with Gasteiger partial charge in [0.15, 0.2) is 0 Å². The topological polar surface area (TPSA) is 58.6 Å². The number of hydrogen-bond acceptors (Lipinski definition) is 3. The first kappa shape index (κ1) is 13.6. The molecule has 0 bridgehead atoms. The van der Waals surface area contributed by atoms with Gasteiger partial charge >= 0.3 is 5.97 Å². The van der Waals surface area contributed by atoms with Gasteiger partial charge in [-0.05, 0) is 24.6 Å². The summed E-state index contributed by atoms with van der Waals surface area (Å²) in [4.78, 5) is 10.9. The molecule has 0 amide bonds. The van der Waals surface area contributed by atoms with E-state index in [2.05, 4.69) is 5.32 Å². The van der Waals surface area contributed by atoms with E-state index in [0.29, 0.717) is 0 Å². The number of carboxylic acid groups (broad SMARTS) is 1. The van der Waals surface area contributed by atoms with E-state index in [9.17, 15) is 9.18 Å². The molecule has 2 atom stereocenters. The molecule has 5 heteroatoms. The van der Waals surface area contributed by atoms with Crippen LogP contribution >= 0.6 is 0 Å². The smallest absolute Gasteiger partial charge is 0.323 e. The first-order chi connectivity index (χ1) is 8.04. The summed E-state index contributed by atoms with van der Waals surface area (Å²) in [6, 6.07) is 4.98. The second kappa shape index (κ2) is 6.32. The SMILES string of the molecule is COCC(N[C@H](C)c1ccc(F)cc1)C(=O)O. The van der Waals surface area contributed by atoms with Gasteiger partial charge in [-0.3, -0.25) is 10.1 Å². The first-order valence-corrected chi connectivity index (χ1v) is 5.28. The van der Waals surface area contributed by atoms with E-state index >= 15 is 0 Å². The van der Waals surface area contributed by atoms with Crippen molar-refractivity contribution in [3.63, 3.8) is 0 Å². The van der Waals surface area contributed by atoms with Crippen LogP contribution in [-0.2, 0) is 9.53 Å². The minimum atomic E-state index is -0.971. The average molecular weight is 241 g/mol. The highest BCUT2D eigenvalue weighted by Crippen LogP contribution is 2.13. The Morgan fingerprint density at radius 1 is 1.47 bits per heavy atom. The van der Waals surface area contributed by atoms with E-state index in [0.717, 1.165) is 5.56 Å². The minimum absolute atomic E-state index is 0.0842. The molecule has 0 saturated heterocycles. The van der Waals surface area contributed by atoms with E-state index < -0.39 is 12.0 Å². The molecular formula is C12H16FNO3. The molecule has 0 radical (unpaired) electrons. The Balaban J connectivity index is 2.66. The lowest BCUT2D eigenvalue weighted by atomic mass is 10.1. The predicted octanol–water partition coefficient (Wildman–Crippen LogP) is 1.58. The second-order valence-electron chi connectivity index (χ2n) is 3.79. The van der Waals surface area contributed by atoms with Gasteiger partial charge in [0.05, 0.1) is 6.61 Å². The third-order valence-electron chi connectivity index (χ3n) is 2.45. The normalized spacial score (nSPS) is 14.3. The summed E-state index contributed by atoms with van der Waals surface area (Å²) in [5.74, 6) is -1.28. The first-order valence-electron chi connectivity index (χ1n) is 5.28. The minimum Gasteiger partial charge on any atom is -0.480 e. The summed E-state index contributed by atoms with van der Waals surface area (Å²) < 4.78 is 17.5. The van der Waals surface area contributed by atoms with E-state index in [1.165, 1.54) is 19.2 Å². The molecule has 1 aromatic carbocycles. The Hall–Kier alpha value is -1.46. The van der Waals surface area contributed by atoms with Crippen molar-refractivity contribution in [2.75, 3.05) is 13.7 Å². The number of halogens is 1. The number of benzene rings is 1. The highest BCUT2D eigenvalue weighted by atomic mass is 19.1. The van der Waals surface area contributed by atoms with Crippen molar-refractivity contribution >= 4 is 5.97 Å². The van der Waals surface area contributed by atoms with Crippen LogP contribution in [0, 0.1) is 5.82 Å². The summed E-state index contributed by atoms with van der Waals surface area (Å²) in [5, 5.41) is 11.8. The summed E-state index contributed by atoms with van der Waals surface area (Å²) in [5.41, 5.74) is 0.828. The van der Waals surface area contributed by atoms with Crippen LogP contribution in [0.15, 0.2) is 24.3 Å². The van der Waals surface area contributed by atoms with Gasteiger partial charge < -0.3 is 9.84 Å². The van der Waals surface area contributed by atoms with E-state index in [1.54, 1.807) is 12.1 Å². The number of carboxylic acids is 1. The Bertz CT molecular complexity index is 367. The lowest BCUT2D eigenvalue weighted by Crippen LogP contribution is -2.41. The van der Waals surface area contributed by atoms with Crippen LogP contribution in [0.2, 0.25) is 0 Å². The van der Waals surface area contributed by atoms with Crippen molar-refractivity contribution in [2.24, 2.45) is 0 Å². The maximum atomic E-state index is 12.7. The van der Waals surface area contributed by atoms with Gasteiger partial charge in [-0.15, -0.1) is 0 Å². The summed E-state index contributed by atoms with van der Waals surface area (Å²) in [6.07, 6.45) is 0. The summed E-state index contributed by atoms with van der Waals surface area (Å²) >= 11 is 0. The van der Waals surface area contributed by atoms with Crippen molar-refractivity contribution < 1.29 is 19.0 Å². The molecule has 17 heavy (non-hydrogen) atoms. The van der Waals surface area contributed by atoms with Gasteiger partial charge in [-0.2, -0.15) is 0 Å². The number of carbonyl (C=O) groups is 1. The average Bonchev–Trinajstić information content (AvgIpc) is 2.29. The molecule has 1 rings (SSSR count). The molecular weight excluding hydrogens is 225 g/mol. The number of nitrogens with one attached hydrogen (secondary N) is 1. The fourth-order valence-electron chi connectivity index (χ4n) is 1.51. The zero-order valence-electron chi connectivity index (χ0n) is 9.81. The number of hydrogen-bond donors (Lipinski definition) is 2. The molecule has 0 spiro atoms. The molecule has 2 N–H and O–H groups in total. The molecule has 0 heterocycles. The van der Waals surface area contributed by atoms with Crippen molar-refractivity contribution in [1.29, 1.82) is 0 Å². The fourth-order valence-corrected chi connectivity index (χ4v) is 1.51. The maximum Gasteiger partial charge on any atom is 0.323 e. The van der Waals surface area contributed by atoms with Gasteiger partial charge in [0.25, 0.3) is 0 Å². The third kappa shape index (κ3) is 4.13. The van der Waals surface area contributed by atoms with Gasteiger partial charge in [-0.25, -0.2) is 4.39 Å². The predicted molar refractivity (Wildman–Crippen MR) is 61.3 cm³/mol. The van der Waals surface area contributed by atoms with Crippen LogP contribution < -0.4 is 5.32 Å². The standard InChI is InChI=1S/C12H16FNO3/c1-8(9-3-5-10(13)6-4-9)14-11(7-17-2)12(15)16/h3-6,8,11,14H,7H2,1-2H3,(H,15,16)/t8-,11?/m1/s1. The lowest BCUT2D eigenvalue weighted by molar-refractivity contribution is -0.141. The number of methoxy groups -OCH3 is 1. The molecule has 0 aromatic heterocycles. The van der Waals surface area contributed by atoms with Crippen LogP contribution in [0.1, 0.15) is 18.5 Å². The van der Waals surface area contributed by atoms with Crippen molar-refractivity contribution in [2.45, 2.75) is 19.0 Å². The highest BCUT2D eigenvalue weighted by molar-refractivity contribution is 5.73. The molecule has 1 aromatic rings. The van der Waals surface area contributed by atoms with E-state index in [-0.39, 0.29) is 18.5 Å².